The van der Waals surface area contributed by atoms with Crippen molar-refractivity contribution in [3.05, 3.63) is 0 Å². The molecule has 3 nitrogen and oxygen atoms in total. The maximum absolute atomic E-state index is 10.7. The summed E-state index contributed by atoms with van der Waals surface area (Å²) in [5, 5.41) is 1.28. The molecule has 1 rings (SSSR count). The standard InChI is InChI=1S/C9H18ClNO2S2/c1-8-6-11(7-9(2)14-8)4-3-5-15(10,12)13/h8-9H,3-7H2,1-2H3. The highest BCUT2D eigenvalue weighted by Crippen LogP contribution is 2.24. The third-order valence-electron chi connectivity index (χ3n) is 2.36. The molecule has 0 saturated carbocycles. The minimum Gasteiger partial charge on any atom is -0.301 e. The van der Waals surface area contributed by atoms with Gasteiger partial charge >= 0.3 is 0 Å². The van der Waals surface area contributed by atoms with E-state index in [1.807, 2.05) is 11.8 Å². The Kier molecular flexibility index (Phi) is 5.22. The van der Waals surface area contributed by atoms with Gasteiger partial charge in [0.25, 0.3) is 0 Å². The SMILES string of the molecule is CC1CN(CCCS(=O)(=O)Cl)CC(C)S1. The first-order valence-corrected chi connectivity index (χ1v) is 8.59. The molecule has 1 heterocycles. The van der Waals surface area contributed by atoms with Crippen LogP contribution in [0.15, 0.2) is 0 Å². The van der Waals surface area contributed by atoms with Crippen molar-refractivity contribution in [2.45, 2.75) is 30.8 Å². The van der Waals surface area contributed by atoms with Crippen LogP contribution in [-0.4, -0.2) is 49.2 Å². The topological polar surface area (TPSA) is 37.4 Å². The van der Waals surface area contributed by atoms with E-state index < -0.39 is 9.05 Å². The van der Waals surface area contributed by atoms with E-state index in [2.05, 4.69) is 18.7 Å². The highest BCUT2D eigenvalue weighted by atomic mass is 35.7. The van der Waals surface area contributed by atoms with E-state index in [1.165, 1.54) is 0 Å². The summed E-state index contributed by atoms with van der Waals surface area (Å²) < 4.78 is 21.5. The monoisotopic (exact) mass is 271 g/mol. The van der Waals surface area contributed by atoms with Crippen molar-refractivity contribution in [1.82, 2.24) is 4.90 Å². The highest BCUT2D eigenvalue weighted by Gasteiger charge is 2.21. The molecule has 0 amide bonds. The summed E-state index contributed by atoms with van der Waals surface area (Å²) in [5.41, 5.74) is 0. The van der Waals surface area contributed by atoms with Crippen LogP contribution in [0.25, 0.3) is 0 Å². The molecule has 1 aliphatic heterocycles. The van der Waals surface area contributed by atoms with Gasteiger partial charge in [-0.15, -0.1) is 0 Å². The molecule has 0 aromatic rings. The zero-order chi connectivity index (χ0) is 11.5. The molecule has 0 aromatic heterocycles. The Balaban J connectivity index is 2.26. The summed E-state index contributed by atoms with van der Waals surface area (Å²) >= 11 is 2.00. The van der Waals surface area contributed by atoms with Crippen LogP contribution in [0.3, 0.4) is 0 Å². The predicted octanol–water partition coefficient (Wildman–Crippen LogP) is 1.77. The first-order chi connectivity index (χ1) is 6.87. The van der Waals surface area contributed by atoms with E-state index in [0.717, 1.165) is 19.6 Å². The average molecular weight is 272 g/mol. The Labute approximate surface area is 101 Å². The number of hydrogen-bond donors (Lipinski definition) is 0. The van der Waals surface area contributed by atoms with E-state index in [9.17, 15) is 8.42 Å². The van der Waals surface area contributed by atoms with Gasteiger partial charge in [0.15, 0.2) is 0 Å². The molecule has 6 heteroatoms. The molecule has 0 radical (unpaired) electrons. The molecular formula is C9H18ClNO2S2. The summed E-state index contributed by atoms with van der Waals surface area (Å²) in [4.78, 5) is 2.33. The van der Waals surface area contributed by atoms with Crippen molar-refractivity contribution in [3.63, 3.8) is 0 Å². The van der Waals surface area contributed by atoms with Crippen LogP contribution >= 0.6 is 22.4 Å². The molecule has 2 atom stereocenters. The largest absolute Gasteiger partial charge is 0.301 e. The summed E-state index contributed by atoms with van der Waals surface area (Å²) in [6.07, 6.45) is 0.635. The second-order valence-electron chi connectivity index (χ2n) is 4.11. The molecule has 1 aliphatic rings. The van der Waals surface area contributed by atoms with Gasteiger partial charge in [0.1, 0.15) is 0 Å². The Bertz CT molecular complexity index is 284. The molecule has 1 saturated heterocycles. The first-order valence-electron chi connectivity index (χ1n) is 5.17. The second kappa shape index (κ2) is 5.75. The molecule has 0 aliphatic carbocycles. The van der Waals surface area contributed by atoms with Crippen molar-refractivity contribution in [2.75, 3.05) is 25.4 Å². The van der Waals surface area contributed by atoms with Crippen molar-refractivity contribution >= 4 is 31.5 Å². The van der Waals surface area contributed by atoms with Crippen molar-refractivity contribution in [3.8, 4) is 0 Å². The lowest BCUT2D eigenvalue weighted by Gasteiger charge is -2.34. The number of hydrogen-bond acceptors (Lipinski definition) is 4. The van der Waals surface area contributed by atoms with Crippen molar-refractivity contribution in [1.29, 1.82) is 0 Å². The van der Waals surface area contributed by atoms with Crippen LogP contribution in [-0.2, 0) is 9.05 Å². The fourth-order valence-electron chi connectivity index (χ4n) is 1.93. The molecule has 0 spiro atoms. The summed E-state index contributed by atoms with van der Waals surface area (Å²) in [7, 11) is 1.85. The second-order valence-corrected chi connectivity index (χ2v) is 8.89. The molecule has 0 aromatic carbocycles. The van der Waals surface area contributed by atoms with Gasteiger partial charge in [0, 0.05) is 34.3 Å². The predicted molar refractivity (Wildman–Crippen MR) is 67.2 cm³/mol. The summed E-state index contributed by atoms with van der Waals surface area (Å²) in [5.74, 6) is 0.0843. The number of thioether (sulfide) groups is 1. The Morgan fingerprint density at radius 2 is 1.87 bits per heavy atom. The first kappa shape index (κ1) is 13.6. The van der Waals surface area contributed by atoms with Gasteiger partial charge in [0.2, 0.25) is 9.05 Å². The van der Waals surface area contributed by atoms with Crippen LogP contribution in [0.2, 0.25) is 0 Å². The molecular weight excluding hydrogens is 254 g/mol. The minimum absolute atomic E-state index is 0.0843. The molecule has 1 fully saturated rings. The van der Waals surface area contributed by atoms with E-state index in [0.29, 0.717) is 16.9 Å². The zero-order valence-corrected chi connectivity index (χ0v) is 11.5. The van der Waals surface area contributed by atoms with Crippen LogP contribution in [0.4, 0.5) is 0 Å². The lowest BCUT2D eigenvalue weighted by Crippen LogP contribution is -2.41. The van der Waals surface area contributed by atoms with Gasteiger partial charge in [-0.25, -0.2) is 8.42 Å². The molecule has 15 heavy (non-hydrogen) atoms. The Hall–Kier alpha value is 0.550. The molecule has 90 valence electrons. The zero-order valence-electron chi connectivity index (χ0n) is 9.15. The van der Waals surface area contributed by atoms with E-state index in [1.54, 1.807) is 0 Å². The minimum atomic E-state index is -3.31. The fourth-order valence-corrected chi connectivity index (χ4v) is 4.12. The maximum Gasteiger partial charge on any atom is 0.232 e. The van der Waals surface area contributed by atoms with Crippen LogP contribution in [0.5, 0.6) is 0 Å². The molecule has 2 unspecified atom stereocenters. The van der Waals surface area contributed by atoms with Crippen molar-refractivity contribution in [2.24, 2.45) is 0 Å². The summed E-state index contributed by atoms with van der Waals surface area (Å²) in [6.45, 7) is 7.37. The van der Waals surface area contributed by atoms with E-state index in [-0.39, 0.29) is 5.75 Å². The van der Waals surface area contributed by atoms with Crippen LogP contribution < -0.4 is 0 Å². The Morgan fingerprint density at radius 3 is 2.33 bits per heavy atom. The summed E-state index contributed by atoms with van der Waals surface area (Å²) in [6, 6.07) is 0. The van der Waals surface area contributed by atoms with E-state index >= 15 is 0 Å². The van der Waals surface area contributed by atoms with Gasteiger partial charge in [0.05, 0.1) is 5.75 Å². The maximum atomic E-state index is 10.7. The quantitative estimate of drug-likeness (QED) is 0.731. The highest BCUT2D eigenvalue weighted by molar-refractivity contribution is 8.13. The van der Waals surface area contributed by atoms with Crippen LogP contribution in [0.1, 0.15) is 20.3 Å². The number of nitrogens with zero attached hydrogens (tertiary/aromatic N) is 1. The number of halogens is 1. The third-order valence-corrected chi connectivity index (χ3v) is 4.82. The van der Waals surface area contributed by atoms with Crippen molar-refractivity contribution < 1.29 is 8.42 Å². The van der Waals surface area contributed by atoms with Gasteiger partial charge in [-0.3, -0.25) is 0 Å². The van der Waals surface area contributed by atoms with E-state index in [4.69, 9.17) is 10.7 Å². The third kappa shape index (κ3) is 6.00. The van der Waals surface area contributed by atoms with Gasteiger partial charge in [-0.2, -0.15) is 11.8 Å². The van der Waals surface area contributed by atoms with Gasteiger partial charge < -0.3 is 4.90 Å². The van der Waals surface area contributed by atoms with Gasteiger partial charge in [-0.05, 0) is 13.0 Å². The van der Waals surface area contributed by atoms with Crippen LogP contribution in [0, 0.1) is 0 Å². The van der Waals surface area contributed by atoms with Gasteiger partial charge in [-0.1, -0.05) is 13.8 Å². The Morgan fingerprint density at radius 1 is 1.33 bits per heavy atom. The molecule has 0 N–H and O–H groups in total. The smallest absolute Gasteiger partial charge is 0.232 e. The average Bonchev–Trinajstić information content (AvgIpc) is 1.99. The molecule has 0 bridgehead atoms. The lowest BCUT2D eigenvalue weighted by atomic mass is 10.3. The normalized spacial score (nSPS) is 29.3. The lowest BCUT2D eigenvalue weighted by molar-refractivity contribution is 0.272. The number of rotatable bonds is 4. The fraction of sp³-hybridized carbons (Fsp3) is 1.00.